The van der Waals surface area contributed by atoms with Gasteiger partial charge in [-0.3, -0.25) is 9.59 Å². The van der Waals surface area contributed by atoms with Crippen molar-refractivity contribution in [1.29, 1.82) is 0 Å². The molecule has 3 aromatic heterocycles. The number of aliphatic hydroxyl groups is 1. The zero-order chi connectivity index (χ0) is 22.7. The lowest BCUT2D eigenvalue weighted by molar-refractivity contribution is 0.0990. The van der Waals surface area contributed by atoms with Gasteiger partial charge in [-0.15, -0.1) is 11.3 Å². The van der Waals surface area contributed by atoms with Gasteiger partial charge < -0.3 is 15.4 Å². The molecule has 1 aromatic carbocycles. The third-order valence-electron chi connectivity index (χ3n) is 4.69. The molecule has 0 saturated carbocycles. The van der Waals surface area contributed by atoms with Crippen molar-refractivity contribution in [2.24, 2.45) is 10.7 Å². The van der Waals surface area contributed by atoms with Gasteiger partial charge in [0.05, 0.1) is 35.5 Å². The summed E-state index contributed by atoms with van der Waals surface area (Å²) in [5, 5.41) is 14.2. The molecule has 0 unspecified atom stereocenters. The smallest absolute Gasteiger partial charge is 0.260 e. The molecule has 0 bridgehead atoms. The first-order valence-electron chi connectivity index (χ1n) is 9.70. The molecule has 11 heteroatoms. The van der Waals surface area contributed by atoms with Crippen molar-refractivity contribution in [2.75, 3.05) is 6.61 Å². The number of Topliss-reactive ketones (excluding diaryl/α,β-unsaturated/α-hetero) is 1. The number of nitrogens with zero attached hydrogens (tertiary/aromatic N) is 5. The maximum absolute atomic E-state index is 12.9. The van der Waals surface area contributed by atoms with E-state index in [1.54, 1.807) is 10.9 Å². The highest BCUT2D eigenvalue weighted by atomic mass is 32.1. The van der Waals surface area contributed by atoms with Gasteiger partial charge in [0.25, 0.3) is 5.91 Å². The Morgan fingerprint density at radius 3 is 2.62 bits per heavy atom. The average molecular weight is 469 g/mol. The molecule has 9 nitrogen and oxygen atoms in total. The van der Waals surface area contributed by atoms with Gasteiger partial charge in [-0.25, -0.2) is 14.7 Å². The van der Waals surface area contributed by atoms with E-state index in [-0.39, 0.29) is 18.8 Å². The Morgan fingerprint density at radius 2 is 2.00 bits per heavy atom. The summed E-state index contributed by atoms with van der Waals surface area (Å²) in [5.74, 6) is -0.686. The number of amides is 1. The molecule has 0 fully saturated rings. The largest absolute Gasteiger partial charge is 0.395 e. The first-order chi connectivity index (χ1) is 15.5. The lowest BCUT2D eigenvalue weighted by Crippen LogP contribution is -2.18. The molecule has 3 heterocycles. The fourth-order valence-corrected chi connectivity index (χ4v) is 5.01. The minimum absolute atomic E-state index is 0.0659. The molecule has 1 amide bonds. The second-order valence-electron chi connectivity index (χ2n) is 6.84. The lowest BCUT2D eigenvalue weighted by atomic mass is 10.2. The Balaban J connectivity index is 1.64. The molecular weight excluding hydrogens is 448 g/mol. The van der Waals surface area contributed by atoms with Crippen LogP contribution in [0.4, 0.5) is 5.69 Å². The highest BCUT2D eigenvalue weighted by molar-refractivity contribution is 7.14. The van der Waals surface area contributed by atoms with E-state index in [0.717, 1.165) is 28.4 Å². The molecular formula is C21H20N6O3S2. The minimum atomic E-state index is -0.561. The van der Waals surface area contributed by atoms with E-state index in [1.165, 1.54) is 17.5 Å². The standard InChI is InChI=1S/C21H20N6O3S2/c1-13-19(16(29)11-18-23-12-17(31-18)20(22)30)32-21(26(13)9-10-28)25-14-3-5-15(6-4-14)27-8-2-7-24-27/h2-8,12,28H,9-11H2,1H3,(H2,22,30). The third kappa shape index (κ3) is 4.59. The highest BCUT2D eigenvalue weighted by Crippen LogP contribution is 2.20. The number of carbonyl (C=O) groups is 2. The number of ketones is 1. The topological polar surface area (TPSA) is 128 Å². The van der Waals surface area contributed by atoms with E-state index in [0.29, 0.717) is 26.1 Å². The van der Waals surface area contributed by atoms with Crippen molar-refractivity contribution in [1.82, 2.24) is 19.3 Å². The van der Waals surface area contributed by atoms with Crippen molar-refractivity contribution in [3.05, 3.63) is 74.2 Å². The number of aliphatic hydroxyl groups excluding tert-OH is 1. The number of hydrogen-bond donors (Lipinski definition) is 2. The molecule has 0 aliphatic carbocycles. The van der Waals surface area contributed by atoms with Crippen LogP contribution in [0.25, 0.3) is 5.69 Å². The fourth-order valence-electron chi connectivity index (χ4n) is 3.13. The van der Waals surface area contributed by atoms with Crippen LogP contribution in [0.5, 0.6) is 0 Å². The van der Waals surface area contributed by atoms with Crippen LogP contribution in [-0.2, 0) is 13.0 Å². The van der Waals surface area contributed by atoms with Gasteiger partial charge in [0, 0.05) is 24.6 Å². The van der Waals surface area contributed by atoms with Crippen molar-refractivity contribution in [2.45, 2.75) is 19.9 Å². The van der Waals surface area contributed by atoms with E-state index in [1.807, 2.05) is 48.0 Å². The van der Waals surface area contributed by atoms with Crippen LogP contribution >= 0.6 is 22.7 Å². The first kappa shape index (κ1) is 21.8. The average Bonchev–Trinajstić information content (AvgIpc) is 3.52. The van der Waals surface area contributed by atoms with Gasteiger partial charge in [-0.05, 0) is 37.3 Å². The number of nitrogens with two attached hydrogens (primary N) is 1. The number of aromatic nitrogens is 4. The predicted octanol–water partition coefficient (Wildman–Crippen LogP) is 2.25. The van der Waals surface area contributed by atoms with Crippen LogP contribution < -0.4 is 10.5 Å². The van der Waals surface area contributed by atoms with Crippen molar-refractivity contribution >= 4 is 40.1 Å². The molecule has 0 aliphatic heterocycles. The van der Waals surface area contributed by atoms with Crippen molar-refractivity contribution in [3.8, 4) is 5.69 Å². The monoisotopic (exact) mass is 468 g/mol. The summed E-state index contributed by atoms with van der Waals surface area (Å²) in [6.45, 7) is 2.07. The molecule has 0 radical (unpaired) electrons. The maximum atomic E-state index is 12.9. The maximum Gasteiger partial charge on any atom is 0.260 e. The number of primary amides is 1. The van der Waals surface area contributed by atoms with Crippen LogP contribution in [0.3, 0.4) is 0 Å². The van der Waals surface area contributed by atoms with Crippen molar-refractivity contribution in [3.63, 3.8) is 0 Å². The van der Waals surface area contributed by atoms with E-state index in [4.69, 9.17) is 10.7 Å². The minimum Gasteiger partial charge on any atom is -0.395 e. The Bertz CT molecular complexity index is 1320. The number of thiazole rings is 2. The summed E-state index contributed by atoms with van der Waals surface area (Å²) >= 11 is 2.38. The van der Waals surface area contributed by atoms with Gasteiger partial charge >= 0.3 is 0 Å². The molecule has 0 saturated heterocycles. The van der Waals surface area contributed by atoms with E-state index in [2.05, 4.69) is 10.1 Å². The Hall–Kier alpha value is -3.41. The zero-order valence-electron chi connectivity index (χ0n) is 17.1. The highest BCUT2D eigenvalue weighted by Gasteiger charge is 2.19. The summed E-state index contributed by atoms with van der Waals surface area (Å²) < 4.78 is 3.58. The molecule has 4 aromatic rings. The van der Waals surface area contributed by atoms with Gasteiger partial charge in [0.1, 0.15) is 9.88 Å². The van der Waals surface area contributed by atoms with Crippen LogP contribution in [0, 0.1) is 6.92 Å². The molecule has 0 aliphatic rings. The van der Waals surface area contributed by atoms with Crippen LogP contribution in [0.1, 0.15) is 30.0 Å². The SMILES string of the molecule is Cc1c(C(=O)Cc2ncc(C(N)=O)s2)sc(=Nc2ccc(-n3cccn3)cc2)n1CCO. The van der Waals surface area contributed by atoms with Gasteiger partial charge in [-0.1, -0.05) is 11.3 Å². The fraction of sp³-hybridized carbons (Fsp3) is 0.190. The molecule has 0 atom stereocenters. The van der Waals surface area contributed by atoms with Crippen molar-refractivity contribution < 1.29 is 14.7 Å². The second kappa shape index (κ2) is 9.39. The molecule has 0 spiro atoms. The van der Waals surface area contributed by atoms with Crippen LogP contribution in [-0.4, -0.2) is 42.7 Å². The second-order valence-corrected chi connectivity index (χ2v) is 8.93. The molecule has 32 heavy (non-hydrogen) atoms. The molecule has 3 N–H and O–H groups in total. The summed E-state index contributed by atoms with van der Waals surface area (Å²) in [6.07, 6.45) is 5.02. The Morgan fingerprint density at radius 1 is 1.22 bits per heavy atom. The number of rotatable bonds is 8. The zero-order valence-corrected chi connectivity index (χ0v) is 18.8. The van der Waals surface area contributed by atoms with Crippen LogP contribution in [0.2, 0.25) is 0 Å². The van der Waals surface area contributed by atoms with Gasteiger partial charge in [0.15, 0.2) is 10.6 Å². The lowest BCUT2D eigenvalue weighted by Gasteiger charge is -2.04. The predicted molar refractivity (Wildman–Crippen MR) is 122 cm³/mol. The quantitative estimate of drug-likeness (QED) is 0.383. The van der Waals surface area contributed by atoms with E-state index >= 15 is 0 Å². The number of carbonyl (C=O) groups excluding carboxylic acids is 2. The number of hydrogen-bond acceptors (Lipinski definition) is 8. The summed E-state index contributed by atoms with van der Waals surface area (Å²) in [7, 11) is 0. The third-order valence-corrected chi connectivity index (χ3v) is 6.92. The number of benzene rings is 1. The molecule has 164 valence electrons. The summed E-state index contributed by atoms with van der Waals surface area (Å²) in [6, 6.07) is 9.42. The normalized spacial score (nSPS) is 11.8. The van der Waals surface area contributed by atoms with Gasteiger partial charge in [0.2, 0.25) is 0 Å². The molecule has 4 rings (SSSR count). The Labute approximate surface area is 191 Å². The van der Waals surface area contributed by atoms with E-state index < -0.39 is 5.91 Å². The van der Waals surface area contributed by atoms with Crippen LogP contribution in [0.15, 0.2) is 53.9 Å². The summed E-state index contributed by atoms with van der Waals surface area (Å²) in [4.78, 5) is 34.5. The first-order valence-corrected chi connectivity index (χ1v) is 11.3. The van der Waals surface area contributed by atoms with E-state index in [9.17, 15) is 14.7 Å². The summed E-state index contributed by atoms with van der Waals surface area (Å²) in [5.41, 5.74) is 7.63. The Kier molecular flexibility index (Phi) is 6.40. The van der Waals surface area contributed by atoms with Gasteiger partial charge in [-0.2, -0.15) is 5.10 Å².